The lowest BCUT2D eigenvalue weighted by Gasteiger charge is -2.08. The first-order valence-corrected chi connectivity index (χ1v) is 9.82. The van der Waals surface area contributed by atoms with Crippen molar-refractivity contribution >= 4 is 29.3 Å². The Morgan fingerprint density at radius 1 is 1.07 bits per heavy atom. The van der Waals surface area contributed by atoms with Gasteiger partial charge in [0.2, 0.25) is 5.91 Å². The highest BCUT2D eigenvalue weighted by atomic mass is 32.2. The van der Waals surface area contributed by atoms with Gasteiger partial charge >= 0.3 is 0 Å². The van der Waals surface area contributed by atoms with Gasteiger partial charge in [-0.05, 0) is 25.1 Å². The number of benzene rings is 2. The van der Waals surface area contributed by atoms with E-state index < -0.39 is 0 Å². The van der Waals surface area contributed by atoms with E-state index in [1.54, 1.807) is 24.3 Å². The fraction of sp³-hybridized carbons (Fsp3) is 0.200. The third kappa shape index (κ3) is 4.77. The van der Waals surface area contributed by atoms with Crippen LogP contribution in [0.15, 0.2) is 59.8 Å². The number of anilines is 1. The van der Waals surface area contributed by atoms with Gasteiger partial charge in [-0.1, -0.05) is 48.2 Å². The second-order valence-corrected chi connectivity index (χ2v) is 6.95. The van der Waals surface area contributed by atoms with E-state index in [1.807, 2.05) is 48.9 Å². The number of hydrogen-bond donors (Lipinski definition) is 2. The summed E-state index contributed by atoms with van der Waals surface area (Å²) in [6, 6.07) is 16.6. The summed E-state index contributed by atoms with van der Waals surface area (Å²) in [6.45, 7) is 2.41. The first kappa shape index (κ1) is 19.6. The zero-order valence-electron chi connectivity index (χ0n) is 15.7. The maximum absolute atomic E-state index is 12.3. The highest BCUT2D eigenvalue weighted by Gasteiger charge is 2.13. The number of rotatable bonds is 7. The lowest BCUT2D eigenvalue weighted by Crippen LogP contribution is -2.23. The van der Waals surface area contributed by atoms with E-state index in [-0.39, 0.29) is 17.6 Å². The second kappa shape index (κ2) is 9.18. The molecule has 1 aromatic heterocycles. The number of thioether (sulfide) groups is 1. The number of carbonyl (C=O) groups is 2. The molecule has 2 amide bonds. The summed E-state index contributed by atoms with van der Waals surface area (Å²) in [6.07, 6.45) is 0. The summed E-state index contributed by atoms with van der Waals surface area (Å²) < 4.78 is 1.86. The minimum Gasteiger partial charge on any atom is -0.352 e. The number of hydrogen-bond acceptors (Lipinski definition) is 5. The molecule has 0 saturated heterocycles. The molecule has 1 heterocycles. The topological polar surface area (TPSA) is 88.9 Å². The second-order valence-electron chi connectivity index (χ2n) is 6.01. The van der Waals surface area contributed by atoms with Gasteiger partial charge in [0.1, 0.15) is 0 Å². The Morgan fingerprint density at radius 3 is 2.61 bits per heavy atom. The maximum Gasteiger partial charge on any atom is 0.251 e. The Labute approximate surface area is 167 Å². The molecule has 0 spiro atoms. The van der Waals surface area contributed by atoms with E-state index in [0.717, 1.165) is 11.4 Å². The largest absolute Gasteiger partial charge is 0.352 e. The molecule has 2 aromatic carbocycles. The summed E-state index contributed by atoms with van der Waals surface area (Å²) in [5.74, 6) is 0.590. The number of amides is 2. The van der Waals surface area contributed by atoms with Gasteiger partial charge < -0.3 is 15.2 Å². The molecule has 0 aliphatic rings. The number of aromatic nitrogens is 3. The molecule has 0 bridgehead atoms. The van der Waals surface area contributed by atoms with Crippen molar-refractivity contribution in [2.75, 3.05) is 17.6 Å². The fourth-order valence-electron chi connectivity index (χ4n) is 2.61. The predicted octanol–water partition coefficient (Wildman–Crippen LogP) is 2.96. The quantitative estimate of drug-likeness (QED) is 0.601. The van der Waals surface area contributed by atoms with Crippen molar-refractivity contribution in [3.05, 3.63) is 60.2 Å². The Morgan fingerprint density at radius 2 is 1.86 bits per heavy atom. The normalized spacial score (nSPS) is 10.5. The van der Waals surface area contributed by atoms with Crippen molar-refractivity contribution in [3.8, 4) is 11.4 Å². The van der Waals surface area contributed by atoms with Gasteiger partial charge in [-0.3, -0.25) is 9.59 Å². The molecule has 0 fully saturated rings. The van der Waals surface area contributed by atoms with Gasteiger partial charge in [0.05, 0.1) is 5.75 Å². The molecule has 7 nitrogen and oxygen atoms in total. The predicted molar refractivity (Wildman–Crippen MR) is 110 cm³/mol. The van der Waals surface area contributed by atoms with Gasteiger partial charge in [-0.15, -0.1) is 10.2 Å². The summed E-state index contributed by atoms with van der Waals surface area (Å²) in [7, 11) is 1.87. The molecule has 8 heteroatoms. The van der Waals surface area contributed by atoms with Crippen LogP contribution in [0, 0.1) is 0 Å². The van der Waals surface area contributed by atoms with E-state index in [0.29, 0.717) is 23.0 Å². The van der Waals surface area contributed by atoms with E-state index in [9.17, 15) is 9.59 Å². The number of nitrogens with zero attached hydrogens (tertiary/aromatic N) is 3. The van der Waals surface area contributed by atoms with Crippen LogP contribution >= 0.6 is 11.8 Å². The van der Waals surface area contributed by atoms with Crippen LogP contribution in [0.4, 0.5) is 5.69 Å². The molecular formula is C20H21N5O2S. The molecule has 0 aliphatic carbocycles. The van der Waals surface area contributed by atoms with Crippen molar-refractivity contribution in [3.63, 3.8) is 0 Å². The van der Waals surface area contributed by atoms with Crippen molar-refractivity contribution in [2.24, 2.45) is 7.05 Å². The zero-order valence-corrected chi connectivity index (χ0v) is 16.5. The summed E-state index contributed by atoms with van der Waals surface area (Å²) in [5, 5.41) is 14.6. The Hall–Kier alpha value is -3.13. The average molecular weight is 395 g/mol. The average Bonchev–Trinajstić information content (AvgIpc) is 3.08. The van der Waals surface area contributed by atoms with Gasteiger partial charge in [-0.2, -0.15) is 0 Å². The molecule has 3 rings (SSSR count). The molecule has 0 saturated carbocycles. The molecular weight excluding hydrogens is 374 g/mol. The Kier molecular flexibility index (Phi) is 6.44. The summed E-state index contributed by atoms with van der Waals surface area (Å²) in [5.41, 5.74) is 2.06. The third-order valence-electron chi connectivity index (χ3n) is 3.95. The van der Waals surface area contributed by atoms with Crippen molar-refractivity contribution in [1.29, 1.82) is 0 Å². The first-order valence-electron chi connectivity index (χ1n) is 8.84. The standard InChI is InChI=1S/C20H21N5O2S/c1-3-21-19(27)15-10-7-11-16(12-15)22-17(26)13-28-20-24-23-18(25(20)2)14-8-5-4-6-9-14/h4-12H,3,13H2,1-2H3,(H,21,27)(H,22,26). The highest BCUT2D eigenvalue weighted by molar-refractivity contribution is 7.99. The van der Waals surface area contributed by atoms with Crippen LogP contribution in [0.3, 0.4) is 0 Å². The molecule has 0 aliphatic heterocycles. The van der Waals surface area contributed by atoms with Crippen molar-refractivity contribution in [1.82, 2.24) is 20.1 Å². The molecule has 0 atom stereocenters. The number of nitrogens with one attached hydrogen (secondary N) is 2. The summed E-state index contributed by atoms with van der Waals surface area (Å²) in [4.78, 5) is 24.2. The van der Waals surface area contributed by atoms with E-state index >= 15 is 0 Å². The number of carbonyl (C=O) groups excluding carboxylic acids is 2. The van der Waals surface area contributed by atoms with E-state index in [2.05, 4.69) is 20.8 Å². The SMILES string of the molecule is CCNC(=O)c1cccc(NC(=O)CSc2nnc(-c3ccccc3)n2C)c1. The van der Waals surface area contributed by atoms with Crippen molar-refractivity contribution < 1.29 is 9.59 Å². The Balaban J connectivity index is 1.60. The van der Waals surface area contributed by atoms with Crippen molar-refractivity contribution in [2.45, 2.75) is 12.1 Å². The maximum atomic E-state index is 12.3. The van der Waals surface area contributed by atoms with Crippen LogP contribution in [0.25, 0.3) is 11.4 Å². The van der Waals surface area contributed by atoms with Gasteiger partial charge in [0.15, 0.2) is 11.0 Å². The van der Waals surface area contributed by atoms with Crippen LogP contribution in [0.2, 0.25) is 0 Å². The van der Waals surface area contributed by atoms with Gasteiger partial charge in [0, 0.05) is 30.4 Å². The minimum atomic E-state index is -0.178. The smallest absolute Gasteiger partial charge is 0.251 e. The Bertz CT molecular complexity index is 972. The molecule has 3 aromatic rings. The lowest BCUT2D eigenvalue weighted by molar-refractivity contribution is -0.113. The fourth-order valence-corrected chi connectivity index (χ4v) is 3.32. The van der Waals surface area contributed by atoms with Crippen LogP contribution in [0.1, 0.15) is 17.3 Å². The minimum absolute atomic E-state index is 0.166. The monoisotopic (exact) mass is 395 g/mol. The molecule has 28 heavy (non-hydrogen) atoms. The van der Waals surface area contributed by atoms with Gasteiger partial charge in [0.25, 0.3) is 5.91 Å². The van der Waals surface area contributed by atoms with E-state index in [4.69, 9.17) is 0 Å². The molecule has 144 valence electrons. The highest BCUT2D eigenvalue weighted by Crippen LogP contribution is 2.22. The molecule has 2 N–H and O–H groups in total. The zero-order chi connectivity index (χ0) is 19.9. The van der Waals surface area contributed by atoms with Crippen LogP contribution in [-0.2, 0) is 11.8 Å². The van der Waals surface area contributed by atoms with Crippen LogP contribution in [0.5, 0.6) is 0 Å². The first-order chi connectivity index (χ1) is 13.6. The van der Waals surface area contributed by atoms with E-state index in [1.165, 1.54) is 11.8 Å². The lowest BCUT2D eigenvalue weighted by atomic mass is 10.2. The molecule has 0 unspecified atom stereocenters. The van der Waals surface area contributed by atoms with Gasteiger partial charge in [-0.25, -0.2) is 0 Å². The molecule has 0 radical (unpaired) electrons. The van der Waals surface area contributed by atoms with Crippen LogP contribution in [-0.4, -0.2) is 38.9 Å². The third-order valence-corrected chi connectivity index (χ3v) is 4.97. The summed E-state index contributed by atoms with van der Waals surface area (Å²) >= 11 is 1.31. The van der Waals surface area contributed by atoms with Crippen LogP contribution < -0.4 is 10.6 Å².